The van der Waals surface area contributed by atoms with E-state index in [2.05, 4.69) is 5.32 Å². The maximum absolute atomic E-state index is 12.2. The van der Waals surface area contributed by atoms with Gasteiger partial charge in [0, 0.05) is 23.1 Å². The highest BCUT2D eigenvalue weighted by Crippen LogP contribution is 2.30. The van der Waals surface area contributed by atoms with Crippen molar-refractivity contribution in [3.05, 3.63) is 35.9 Å². The normalized spacial score (nSPS) is 11.8. The Morgan fingerprint density at radius 1 is 1.24 bits per heavy atom. The van der Waals surface area contributed by atoms with Crippen molar-refractivity contribution in [2.75, 3.05) is 0 Å². The summed E-state index contributed by atoms with van der Waals surface area (Å²) in [5, 5.41) is 12.7. The maximum Gasteiger partial charge on any atom is 0.295 e. The molecule has 0 spiro atoms. The molecule has 0 heterocycles. The van der Waals surface area contributed by atoms with Crippen LogP contribution in [0.1, 0.15) is 24.2 Å². The molecule has 2 aromatic rings. The predicted molar refractivity (Wildman–Crippen MR) is 78.0 cm³/mol. The second-order valence-corrected chi connectivity index (χ2v) is 6.34. The van der Waals surface area contributed by atoms with Crippen LogP contribution in [0.3, 0.4) is 0 Å². The number of aromatic hydroxyl groups is 1. The van der Waals surface area contributed by atoms with E-state index in [1.807, 2.05) is 0 Å². The molecular formula is C14H15NO5S. The van der Waals surface area contributed by atoms with Gasteiger partial charge in [-0.1, -0.05) is 12.1 Å². The van der Waals surface area contributed by atoms with E-state index < -0.39 is 20.9 Å². The summed E-state index contributed by atoms with van der Waals surface area (Å²) in [6.07, 6.45) is 0. The standard InChI is InChI=1S/C14H15NO5S/c1-8(2)15-14(17)11-5-3-4-9-6-10(16)7-12(13(9)11)21(18,19)20/h3-8,16H,1-2H3,(H,15,17)(H,18,19,20). The lowest BCUT2D eigenvalue weighted by Crippen LogP contribution is -2.30. The highest BCUT2D eigenvalue weighted by molar-refractivity contribution is 7.86. The average molecular weight is 309 g/mol. The van der Waals surface area contributed by atoms with Gasteiger partial charge in [-0.25, -0.2) is 0 Å². The molecule has 0 aliphatic heterocycles. The van der Waals surface area contributed by atoms with Crippen LogP contribution >= 0.6 is 0 Å². The van der Waals surface area contributed by atoms with Gasteiger partial charge in [-0.05, 0) is 31.4 Å². The molecule has 6 nitrogen and oxygen atoms in total. The number of hydrogen-bond donors (Lipinski definition) is 3. The maximum atomic E-state index is 12.2. The molecule has 21 heavy (non-hydrogen) atoms. The van der Waals surface area contributed by atoms with Crippen molar-refractivity contribution in [1.82, 2.24) is 5.32 Å². The zero-order chi connectivity index (χ0) is 15.8. The Morgan fingerprint density at radius 2 is 1.90 bits per heavy atom. The number of amides is 1. The van der Waals surface area contributed by atoms with Crippen LogP contribution in [0.25, 0.3) is 10.8 Å². The SMILES string of the molecule is CC(C)NC(=O)c1cccc2cc(O)cc(S(=O)(=O)O)c12. The zero-order valence-electron chi connectivity index (χ0n) is 11.5. The summed E-state index contributed by atoms with van der Waals surface area (Å²) in [6, 6.07) is 6.71. The van der Waals surface area contributed by atoms with Crippen LogP contribution in [0, 0.1) is 0 Å². The summed E-state index contributed by atoms with van der Waals surface area (Å²) in [5.41, 5.74) is 0.119. The lowest BCUT2D eigenvalue weighted by molar-refractivity contribution is 0.0944. The first-order valence-electron chi connectivity index (χ1n) is 6.24. The molecule has 0 atom stereocenters. The molecule has 1 amide bonds. The van der Waals surface area contributed by atoms with Crippen LogP contribution in [0.4, 0.5) is 0 Å². The molecule has 0 unspecified atom stereocenters. The van der Waals surface area contributed by atoms with Gasteiger partial charge in [0.2, 0.25) is 0 Å². The first-order valence-corrected chi connectivity index (χ1v) is 7.68. The molecule has 0 radical (unpaired) electrons. The van der Waals surface area contributed by atoms with Crippen molar-refractivity contribution < 1.29 is 22.9 Å². The molecule has 0 aliphatic rings. The van der Waals surface area contributed by atoms with Gasteiger partial charge in [0.1, 0.15) is 10.6 Å². The Hall–Kier alpha value is -2.12. The number of phenolic OH excluding ortho intramolecular Hbond substituents is 1. The van der Waals surface area contributed by atoms with Crippen molar-refractivity contribution in [3.8, 4) is 5.75 Å². The third kappa shape index (κ3) is 3.14. The Balaban J connectivity index is 2.82. The van der Waals surface area contributed by atoms with E-state index in [1.165, 1.54) is 12.1 Å². The smallest absolute Gasteiger partial charge is 0.295 e. The van der Waals surface area contributed by atoms with Crippen molar-refractivity contribution >= 4 is 26.8 Å². The van der Waals surface area contributed by atoms with Gasteiger partial charge in [0.15, 0.2) is 0 Å². The first-order chi connectivity index (χ1) is 9.70. The van der Waals surface area contributed by atoms with E-state index in [-0.39, 0.29) is 22.7 Å². The zero-order valence-corrected chi connectivity index (χ0v) is 12.3. The van der Waals surface area contributed by atoms with Crippen LogP contribution in [-0.2, 0) is 10.1 Å². The van der Waals surface area contributed by atoms with E-state index >= 15 is 0 Å². The number of benzene rings is 2. The molecule has 0 saturated carbocycles. The van der Waals surface area contributed by atoms with E-state index in [9.17, 15) is 22.9 Å². The Labute approximate surface area is 122 Å². The molecule has 3 N–H and O–H groups in total. The molecule has 7 heteroatoms. The second-order valence-electron chi connectivity index (χ2n) is 4.95. The molecule has 0 saturated heterocycles. The van der Waals surface area contributed by atoms with E-state index in [4.69, 9.17) is 0 Å². The number of hydrogen-bond acceptors (Lipinski definition) is 4. The molecule has 0 fully saturated rings. The van der Waals surface area contributed by atoms with E-state index in [0.717, 1.165) is 6.07 Å². The highest BCUT2D eigenvalue weighted by atomic mass is 32.2. The molecule has 0 bridgehead atoms. The van der Waals surface area contributed by atoms with Crippen molar-refractivity contribution in [3.63, 3.8) is 0 Å². The first kappa shape index (κ1) is 15.3. The fraction of sp³-hybridized carbons (Fsp3) is 0.214. The molecular weight excluding hydrogens is 294 g/mol. The van der Waals surface area contributed by atoms with Crippen LogP contribution in [-0.4, -0.2) is 30.0 Å². The monoisotopic (exact) mass is 309 g/mol. The third-order valence-corrected chi connectivity index (χ3v) is 3.75. The van der Waals surface area contributed by atoms with Gasteiger partial charge in [-0.3, -0.25) is 9.35 Å². The average Bonchev–Trinajstić information content (AvgIpc) is 2.34. The van der Waals surface area contributed by atoms with E-state index in [1.54, 1.807) is 26.0 Å². The second kappa shape index (κ2) is 5.34. The summed E-state index contributed by atoms with van der Waals surface area (Å²) in [5.74, 6) is -0.761. The third-order valence-electron chi connectivity index (χ3n) is 2.87. The van der Waals surface area contributed by atoms with Gasteiger partial charge in [0.05, 0.1) is 0 Å². The topological polar surface area (TPSA) is 104 Å². The number of nitrogens with one attached hydrogen (secondary N) is 1. The molecule has 2 rings (SSSR count). The minimum absolute atomic E-state index is 0.0796. The number of carbonyl (C=O) groups is 1. The fourth-order valence-electron chi connectivity index (χ4n) is 2.11. The number of phenols is 1. The number of carbonyl (C=O) groups excluding carboxylic acids is 1. The summed E-state index contributed by atoms with van der Waals surface area (Å²) < 4.78 is 32.3. The van der Waals surface area contributed by atoms with Gasteiger partial charge >= 0.3 is 0 Å². The summed E-state index contributed by atoms with van der Waals surface area (Å²) in [6.45, 7) is 3.55. The number of rotatable bonds is 3. The molecule has 2 aromatic carbocycles. The molecule has 0 aromatic heterocycles. The molecule has 0 aliphatic carbocycles. The van der Waals surface area contributed by atoms with Crippen LogP contribution in [0.2, 0.25) is 0 Å². The summed E-state index contributed by atoms with van der Waals surface area (Å²) in [4.78, 5) is 11.7. The predicted octanol–water partition coefficient (Wildman–Crippen LogP) is 1.93. The van der Waals surface area contributed by atoms with E-state index in [0.29, 0.717) is 5.39 Å². The Kier molecular flexibility index (Phi) is 3.89. The quantitative estimate of drug-likeness (QED) is 0.752. The van der Waals surface area contributed by atoms with Crippen LogP contribution in [0.5, 0.6) is 5.75 Å². The molecule has 112 valence electrons. The van der Waals surface area contributed by atoms with Crippen LogP contribution in [0.15, 0.2) is 35.2 Å². The number of fused-ring (bicyclic) bond motifs is 1. The van der Waals surface area contributed by atoms with Crippen molar-refractivity contribution in [2.24, 2.45) is 0 Å². The van der Waals surface area contributed by atoms with Crippen LogP contribution < -0.4 is 5.32 Å². The van der Waals surface area contributed by atoms with Gasteiger partial charge in [0.25, 0.3) is 16.0 Å². The van der Waals surface area contributed by atoms with Gasteiger partial charge < -0.3 is 10.4 Å². The lowest BCUT2D eigenvalue weighted by atomic mass is 10.0. The van der Waals surface area contributed by atoms with Crippen molar-refractivity contribution in [2.45, 2.75) is 24.8 Å². The highest BCUT2D eigenvalue weighted by Gasteiger charge is 2.21. The fourth-order valence-corrected chi connectivity index (χ4v) is 2.86. The minimum Gasteiger partial charge on any atom is -0.508 e. The van der Waals surface area contributed by atoms with Crippen molar-refractivity contribution in [1.29, 1.82) is 0 Å². The lowest BCUT2D eigenvalue weighted by Gasteiger charge is -2.13. The Bertz CT molecular complexity index is 811. The summed E-state index contributed by atoms with van der Waals surface area (Å²) in [7, 11) is -4.58. The minimum atomic E-state index is -4.58. The van der Waals surface area contributed by atoms with Gasteiger partial charge in [-0.2, -0.15) is 8.42 Å². The van der Waals surface area contributed by atoms with Gasteiger partial charge in [-0.15, -0.1) is 0 Å². The Morgan fingerprint density at radius 3 is 2.48 bits per heavy atom. The summed E-state index contributed by atoms with van der Waals surface area (Å²) >= 11 is 0. The largest absolute Gasteiger partial charge is 0.508 e.